The number of nitrogens with one attached hydrogen (secondary N) is 1. The first-order valence-electron chi connectivity index (χ1n) is 10.3. The van der Waals surface area contributed by atoms with Crippen LogP contribution in [-0.2, 0) is 19.1 Å². The number of β-amino-alcohol motifs (C(OH)–C–C–N with tert-alkyl or cyclic N) is 1. The Balaban J connectivity index is 1.68. The Kier molecular flexibility index (Phi) is 8.04. The third-order valence-electron chi connectivity index (χ3n) is 5.13. The lowest BCUT2D eigenvalue weighted by molar-refractivity contribution is -0.136. The number of carbonyl (C=O) groups excluding carboxylic acids is 4. The summed E-state index contributed by atoms with van der Waals surface area (Å²) in [5, 5.41) is 12.5. The van der Waals surface area contributed by atoms with E-state index in [9.17, 15) is 19.2 Å². The molecule has 3 rings (SSSR count). The molecule has 0 saturated carbocycles. The number of aliphatic hydroxyl groups is 1. The van der Waals surface area contributed by atoms with Crippen molar-refractivity contribution >= 4 is 40.9 Å². The average Bonchev–Trinajstić information content (AvgIpc) is 3.14. The van der Waals surface area contributed by atoms with Gasteiger partial charge in [0.15, 0.2) is 6.10 Å². The molecule has 0 saturated heterocycles. The Bertz CT molecular complexity index is 1130. The molecule has 0 aromatic heterocycles. The van der Waals surface area contributed by atoms with E-state index in [0.717, 1.165) is 0 Å². The first-order valence-corrected chi connectivity index (χ1v) is 10.7. The van der Waals surface area contributed by atoms with Crippen LogP contribution in [0.15, 0.2) is 59.8 Å². The van der Waals surface area contributed by atoms with Crippen LogP contribution in [0.25, 0.3) is 0 Å². The van der Waals surface area contributed by atoms with Crippen LogP contribution in [-0.4, -0.2) is 66.5 Å². The van der Waals surface area contributed by atoms with Crippen LogP contribution in [0.2, 0.25) is 5.02 Å². The van der Waals surface area contributed by atoms with Gasteiger partial charge in [0.1, 0.15) is 5.70 Å². The molecule has 178 valence electrons. The summed E-state index contributed by atoms with van der Waals surface area (Å²) in [5.74, 6) is -2.16. The molecule has 1 atom stereocenters. The van der Waals surface area contributed by atoms with Crippen molar-refractivity contribution in [1.82, 2.24) is 4.90 Å². The number of hydrogen-bond donors (Lipinski definition) is 2. The van der Waals surface area contributed by atoms with Crippen molar-refractivity contribution in [3.63, 3.8) is 0 Å². The molecule has 10 heteroatoms. The van der Waals surface area contributed by atoms with Crippen LogP contribution in [0.3, 0.4) is 0 Å². The maximum atomic E-state index is 12.6. The molecular formula is C24H23ClN2O7. The number of halogens is 1. The minimum Gasteiger partial charge on any atom is -0.466 e. The second-order valence-corrected chi connectivity index (χ2v) is 7.85. The van der Waals surface area contributed by atoms with E-state index < -0.39 is 23.9 Å². The molecule has 1 amide bonds. The predicted molar refractivity (Wildman–Crippen MR) is 123 cm³/mol. The fraction of sp³-hybridized carbons (Fsp3) is 0.250. The second kappa shape index (κ2) is 11.0. The van der Waals surface area contributed by atoms with Gasteiger partial charge in [0, 0.05) is 22.8 Å². The molecule has 0 bridgehead atoms. The number of esters is 2. The molecule has 34 heavy (non-hydrogen) atoms. The number of amides is 1. The van der Waals surface area contributed by atoms with Crippen LogP contribution in [0.5, 0.6) is 0 Å². The summed E-state index contributed by atoms with van der Waals surface area (Å²) >= 11 is 5.83. The lowest BCUT2D eigenvalue weighted by Crippen LogP contribution is -2.31. The number of rotatable bonds is 9. The number of methoxy groups -OCH3 is 1. The van der Waals surface area contributed by atoms with Gasteiger partial charge in [-0.3, -0.25) is 9.59 Å². The molecule has 1 heterocycles. The predicted octanol–water partition coefficient (Wildman–Crippen LogP) is 2.44. The molecule has 1 aliphatic heterocycles. The fourth-order valence-electron chi connectivity index (χ4n) is 3.31. The van der Waals surface area contributed by atoms with E-state index >= 15 is 0 Å². The van der Waals surface area contributed by atoms with Crippen molar-refractivity contribution in [3.05, 3.63) is 76.0 Å². The number of nitrogens with zero attached hydrogens (tertiary/aromatic N) is 1. The van der Waals surface area contributed by atoms with Gasteiger partial charge in [-0.25, -0.2) is 9.59 Å². The second-order valence-electron chi connectivity index (χ2n) is 7.42. The summed E-state index contributed by atoms with van der Waals surface area (Å²) in [6, 6.07) is 12.3. The van der Waals surface area contributed by atoms with Gasteiger partial charge in [0.05, 0.1) is 31.4 Å². The minimum absolute atomic E-state index is 0.0122. The van der Waals surface area contributed by atoms with Crippen LogP contribution >= 0.6 is 11.6 Å². The Morgan fingerprint density at radius 1 is 1.06 bits per heavy atom. The SMILES string of the molecule is COC(=O)C1=C(Nc2ccc(C(=O)OC(C)C(=O)c3ccc(Cl)cc3)cc2)C(=O)N(CCO)C1. The van der Waals surface area contributed by atoms with Gasteiger partial charge in [0.2, 0.25) is 5.78 Å². The number of aliphatic hydroxyl groups excluding tert-OH is 1. The zero-order chi connectivity index (χ0) is 24.8. The lowest BCUT2D eigenvalue weighted by Gasteiger charge is -2.15. The van der Waals surface area contributed by atoms with Crippen LogP contribution in [0.4, 0.5) is 5.69 Å². The van der Waals surface area contributed by atoms with Crippen molar-refractivity contribution in [2.45, 2.75) is 13.0 Å². The van der Waals surface area contributed by atoms with Crippen LogP contribution in [0.1, 0.15) is 27.6 Å². The molecule has 0 radical (unpaired) electrons. The van der Waals surface area contributed by atoms with E-state index in [1.165, 1.54) is 43.2 Å². The van der Waals surface area contributed by atoms with Crippen LogP contribution < -0.4 is 5.32 Å². The maximum Gasteiger partial charge on any atom is 0.338 e. The molecule has 1 unspecified atom stereocenters. The van der Waals surface area contributed by atoms with E-state index in [-0.39, 0.29) is 42.3 Å². The third-order valence-corrected chi connectivity index (χ3v) is 5.38. The highest BCUT2D eigenvalue weighted by Gasteiger charge is 2.34. The number of ketones is 1. The third kappa shape index (κ3) is 5.62. The summed E-state index contributed by atoms with van der Waals surface area (Å²) < 4.78 is 10.0. The largest absolute Gasteiger partial charge is 0.466 e. The quantitative estimate of drug-likeness (QED) is 0.409. The first kappa shape index (κ1) is 24.9. The van der Waals surface area contributed by atoms with Gasteiger partial charge in [-0.1, -0.05) is 11.6 Å². The summed E-state index contributed by atoms with van der Waals surface area (Å²) in [5.41, 5.74) is 1.19. The van der Waals surface area contributed by atoms with Gasteiger partial charge in [-0.2, -0.15) is 0 Å². The number of anilines is 1. The van der Waals surface area contributed by atoms with Gasteiger partial charge in [0.25, 0.3) is 5.91 Å². The van der Waals surface area contributed by atoms with E-state index in [0.29, 0.717) is 16.3 Å². The molecule has 1 aliphatic rings. The maximum absolute atomic E-state index is 12.6. The monoisotopic (exact) mass is 486 g/mol. The molecular weight excluding hydrogens is 464 g/mol. The number of Topliss-reactive ketones (excluding diaryl/α,β-unsaturated/α-hetero) is 1. The summed E-state index contributed by atoms with van der Waals surface area (Å²) in [6.07, 6.45) is -1.01. The van der Waals surface area contributed by atoms with Gasteiger partial charge in [-0.05, 0) is 55.5 Å². The molecule has 0 spiro atoms. The van der Waals surface area contributed by atoms with Gasteiger partial charge < -0.3 is 24.8 Å². The van der Waals surface area contributed by atoms with E-state index in [1.54, 1.807) is 24.3 Å². The van der Waals surface area contributed by atoms with E-state index in [1.807, 2.05) is 0 Å². The number of benzene rings is 2. The zero-order valence-electron chi connectivity index (χ0n) is 18.5. The Hall–Kier alpha value is -3.69. The van der Waals surface area contributed by atoms with Crippen molar-refractivity contribution < 1.29 is 33.8 Å². The first-order chi connectivity index (χ1) is 16.2. The Morgan fingerprint density at radius 2 is 1.68 bits per heavy atom. The highest BCUT2D eigenvalue weighted by molar-refractivity contribution is 6.30. The topological polar surface area (TPSA) is 122 Å². The Labute approximate surface area is 200 Å². The average molecular weight is 487 g/mol. The minimum atomic E-state index is -1.01. The fourth-order valence-corrected chi connectivity index (χ4v) is 3.44. The van der Waals surface area contributed by atoms with Crippen molar-refractivity contribution in [2.75, 3.05) is 32.1 Å². The van der Waals surface area contributed by atoms with Crippen molar-refractivity contribution in [2.24, 2.45) is 0 Å². The molecule has 2 aromatic carbocycles. The van der Waals surface area contributed by atoms with Crippen molar-refractivity contribution in [1.29, 1.82) is 0 Å². The number of carbonyl (C=O) groups is 4. The van der Waals surface area contributed by atoms with Crippen molar-refractivity contribution in [3.8, 4) is 0 Å². The highest BCUT2D eigenvalue weighted by atomic mass is 35.5. The zero-order valence-corrected chi connectivity index (χ0v) is 19.3. The van der Waals surface area contributed by atoms with Crippen LogP contribution in [0, 0.1) is 0 Å². The summed E-state index contributed by atoms with van der Waals surface area (Å²) in [7, 11) is 1.21. The molecule has 2 N–H and O–H groups in total. The highest BCUT2D eigenvalue weighted by Crippen LogP contribution is 2.23. The lowest BCUT2D eigenvalue weighted by atomic mass is 10.1. The Morgan fingerprint density at radius 3 is 2.26 bits per heavy atom. The summed E-state index contributed by atoms with van der Waals surface area (Å²) in [4.78, 5) is 50.9. The summed E-state index contributed by atoms with van der Waals surface area (Å²) in [6.45, 7) is 1.32. The van der Waals surface area contributed by atoms with E-state index in [4.69, 9.17) is 26.2 Å². The molecule has 9 nitrogen and oxygen atoms in total. The van der Waals surface area contributed by atoms with Gasteiger partial charge in [-0.15, -0.1) is 0 Å². The molecule has 0 fully saturated rings. The smallest absolute Gasteiger partial charge is 0.338 e. The molecule has 0 aliphatic carbocycles. The number of ether oxygens (including phenoxy) is 2. The normalized spacial score (nSPS) is 14.1. The number of hydrogen-bond acceptors (Lipinski definition) is 8. The molecule has 2 aromatic rings. The standard InChI is InChI=1S/C24H23ClN2O7/c1-14(21(29)15-3-7-17(25)8-4-15)34-23(31)16-5-9-18(10-6-16)26-20-19(24(32)33-2)13-27(11-12-28)22(20)30/h3-10,14,26,28H,11-13H2,1-2H3. The van der Waals surface area contributed by atoms with Gasteiger partial charge >= 0.3 is 11.9 Å². The van der Waals surface area contributed by atoms with E-state index in [2.05, 4.69) is 5.32 Å².